The summed E-state index contributed by atoms with van der Waals surface area (Å²) in [6.45, 7) is 5.29. The Labute approximate surface area is 164 Å². The van der Waals surface area contributed by atoms with Gasteiger partial charge in [0.15, 0.2) is 0 Å². The number of alkyl halides is 3. The van der Waals surface area contributed by atoms with Gasteiger partial charge >= 0.3 is 6.18 Å². The topological polar surface area (TPSA) is 53.1 Å². The van der Waals surface area contributed by atoms with E-state index in [9.17, 15) is 13.2 Å². The molecule has 1 fully saturated rings. The lowest BCUT2D eigenvalue weighted by atomic mass is 9.80. The number of rotatable bonds is 2. The van der Waals surface area contributed by atoms with E-state index in [4.69, 9.17) is 11.6 Å². The van der Waals surface area contributed by atoms with Gasteiger partial charge in [-0.05, 0) is 30.5 Å². The number of piperazine rings is 1. The second-order valence-corrected chi connectivity index (χ2v) is 7.55. The summed E-state index contributed by atoms with van der Waals surface area (Å²) in [5, 5.41) is 5.59. The fraction of sp³-hybridized carbons (Fsp3) is 0.444. The van der Waals surface area contributed by atoms with E-state index in [-0.39, 0.29) is 22.2 Å². The SMILES string of the molecule is C[C@]12CNCCN1CCc1c2ccc(Nc2cc(Cl)nc(C(F)(F)F)n2)c1F. The molecule has 1 aromatic heterocycles. The quantitative estimate of drug-likeness (QED) is 0.578. The van der Waals surface area contributed by atoms with Gasteiger partial charge in [0.1, 0.15) is 16.8 Å². The zero-order valence-electron chi connectivity index (χ0n) is 15.0. The Morgan fingerprint density at radius 2 is 2.04 bits per heavy atom. The molecule has 5 nitrogen and oxygen atoms in total. The van der Waals surface area contributed by atoms with Crippen molar-refractivity contribution in [3.8, 4) is 0 Å². The molecule has 2 aliphatic rings. The summed E-state index contributed by atoms with van der Waals surface area (Å²) in [6.07, 6.45) is -4.22. The van der Waals surface area contributed by atoms with Gasteiger partial charge in [0.25, 0.3) is 0 Å². The Kier molecular flexibility index (Phi) is 4.71. The average molecular weight is 416 g/mol. The van der Waals surface area contributed by atoms with Crippen LogP contribution in [-0.2, 0) is 18.1 Å². The number of anilines is 2. The van der Waals surface area contributed by atoms with E-state index in [1.54, 1.807) is 0 Å². The van der Waals surface area contributed by atoms with Crippen LogP contribution in [0, 0.1) is 5.82 Å². The van der Waals surface area contributed by atoms with Crippen LogP contribution in [0.15, 0.2) is 18.2 Å². The maximum atomic E-state index is 15.2. The van der Waals surface area contributed by atoms with Crippen molar-refractivity contribution in [2.75, 3.05) is 31.5 Å². The molecule has 10 heteroatoms. The van der Waals surface area contributed by atoms with E-state index >= 15 is 4.39 Å². The van der Waals surface area contributed by atoms with Gasteiger partial charge in [0, 0.05) is 32.2 Å². The molecule has 1 saturated heterocycles. The van der Waals surface area contributed by atoms with Gasteiger partial charge in [0.05, 0.1) is 11.2 Å². The van der Waals surface area contributed by atoms with Crippen LogP contribution in [0.1, 0.15) is 23.9 Å². The molecule has 4 rings (SSSR count). The van der Waals surface area contributed by atoms with Gasteiger partial charge in [-0.3, -0.25) is 4.90 Å². The van der Waals surface area contributed by atoms with E-state index in [0.717, 1.165) is 31.3 Å². The van der Waals surface area contributed by atoms with Crippen molar-refractivity contribution in [2.45, 2.75) is 25.1 Å². The highest BCUT2D eigenvalue weighted by Crippen LogP contribution is 2.39. The number of benzene rings is 1. The van der Waals surface area contributed by atoms with Crippen LogP contribution in [0.5, 0.6) is 0 Å². The molecule has 28 heavy (non-hydrogen) atoms. The van der Waals surface area contributed by atoms with Crippen LogP contribution >= 0.6 is 11.6 Å². The summed E-state index contributed by atoms with van der Waals surface area (Å²) in [7, 11) is 0. The number of aromatic nitrogens is 2. The summed E-state index contributed by atoms with van der Waals surface area (Å²) in [5.74, 6) is -2.07. The predicted molar refractivity (Wildman–Crippen MR) is 97.2 cm³/mol. The summed E-state index contributed by atoms with van der Waals surface area (Å²) in [6, 6.07) is 4.48. The number of nitrogens with one attached hydrogen (secondary N) is 2. The molecule has 1 aromatic carbocycles. The van der Waals surface area contributed by atoms with Crippen molar-refractivity contribution in [3.05, 3.63) is 46.1 Å². The van der Waals surface area contributed by atoms with Gasteiger partial charge in [-0.25, -0.2) is 14.4 Å². The molecule has 2 aliphatic heterocycles. The van der Waals surface area contributed by atoms with Crippen LogP contribution in [0.25, 0.3) is 0 Å². The van der Waals surface area contributed by atoms with Gasteiger partial charge in [-0.2, -0.15) is 13.2 Å². The molecule has 1 atom stereocenters. The van der Waals surface area contributed by atoms with E-state index in [0.29, 0.717) is 18.5 Å². The molecule has 2 N–H and O–H groups in total. The maximum Gasteiger partial charge on any atom is 0.451 e. The van der Waals surface area contributed by atoms with E-state index in [2.05, 4.69) is 32.4 Å². The highest BCUT2D eigenvalue weighted by molar-refractivity contribution is 6.29. The van der Waals surface area contributed by atoms with Crippen LogP contribution in [-0.4, -0.2) is 41.0 Å². The highest BCUT2D eigenvalue weighted by atomic mass is 35.5. The second-order valence-electron chi connectivity index (χ2n) is 7.16. The third-order valence-corrected chi connectivity index (χ3v) is 5.59. The van der Waals surface area contributed by atoms with Crippen molar-refractivity contribution in [1.29, 1.82) is 0 Å². The third kappa shape index (κ3) is 3.31. The van der Waals surface area contributed by atoms with Crippen LogP contribution in [0.3, 0.4) is 0 Å². The first kappa shape index (κ1) is 19.4. The zero-order chi connectivity index (χ0) is 20.1. The average Bonchev–Trinajstić information content (AvgIpc) is 2.62. The monoisotopic (exact) mass is 415 g/mol. The van der Waals surface area contributed by atoms with Crippen LogP contribution in [0.2, 0.25) is 5.15 Å². The van der Waals surface area contributed by atoms with E-state index in [1.165, 1.54) is 6.07 Å². The van der Waals surface area contributed by atoms with E-state index < -0.39 is 17.8 Å². The lowest BCUT2D eigenvalue weighted by Crippen LogP contribution is -2.60. The van der Waals surface area contributed by atoms with Gasteiger partial charge in [0.2, 0.25) is 5.82 Å². The first-order chi connectivity index (χ1) is 13.2. The van der Waals surface area contributed by atoms with Crippen molar-refractivity contribution >= 4 is 23.1 Å². The zero-order valence-corrected chi connectivity index (χ0v) is 15.8. The van der Waals surface area contributed by atoms with Crippen molar-refractivity contribution in [1.82, 2.24) is 20.2 Å². The Morgan fingerprint density at radius 3 is 2.79 bits per heavy atom. The van der Waals surface area contributed by atoms with Crippen LogP contribution in [0.4, 0.5) is 29.1 Å². The lowest BCUT2D eigenvalue weighted by molar-refractivity contribution is -0.144. The maximum absolute atomic E-state index is 15.2. The Balaban J connectivity index is 1.69. The molecular weight excluding hydrogens is 398 g/mol. The fourth-order valence-corrected chi connectivity index (χ4v) is 4.17. The molecule has 0 unspecified atom stereocenters. The van der Waals surface area contributed by atoms with Gasteiger partial charge < -0.3 is 10.6 Å². The minimum Gasteiger partial charge on any atom is -0.338 e. The first-order valence-corrected chi connectivity index (χ1v) is 9.23. The van der Waals surface area contributed by atoms with Crippen LogP contribution < -0.4 is 10.6 Å². The standard InChI is InChI=1S/C18H18ClF4N5/c1-17-9-24-5-7-28(17)6-4-10-11(17)2-3-12(15(10)20)25-14-8-13(19)26-16(27-14)18(21,22)23/h2-3,8,24H,4-7,9H2,1H3,(H,25,26,27)/t17-/m1/s1. The summed E-state index contributed by atoms with van der Waals surface area (Å²) < 4.78 is 53.9. The number of halogens is 5. The fourth-order valence-electron chi connectivity index (χ4n) is 3.99. The number of hydrogen-bond acceptors (Lipinski definition) is 5. The van der Waals surface area contributed by atoms with Crippen molar-refractivity contribution < 1.29 is 17.6 Å². The van der Waals surface area contributed by atoms with Crippen molar-refractivity contribution in [3.63, 3.8) is 0 Å². The smallest absolute Gasteiger partial charge is 0.338 e. The molecule has 3 heterocycles. The second kappa shape index (κ2) is 6.82. The summed E-state index contributed by atoms with van der Waals surface area (Å²) >= 11 is 5.67. The minimum atomic E-state index is -4.75. The molecule has 0 saturated carbocycles. The highest BCUT2D eigenvalue weighted by Gasteiger charge is 2.41. The molecule has 0 radical (unpaired) electrons. The van der Waals surface area contributed by atoms with Gasteiger partial charge in [-0.15, -0.1) is 0 Å². The van der Waals surface area contributed by atoms with E-state index in [1.807, 2.05) is 6.07 Å². The number of fused-ring (bicyclic) bond motifs is 3. The molecular formula is C18H18ClF4N5. The Morgan fingerprint density at radius 1 is 1.25 bits per heavy atom. The Bertz CT molecular complexity index is 920. The normalized spacial score (nSPS) is 22.5. The summed E-state index contributed by atoms with van der Waals surface area (Å²) in [5.41, 5.74) is 1.21. The molecule has 0 spiro atoms. The number of hydrogen-bond donors (Lipinski definition) is 2. The molecule has 2 aromatic rings. The minimum absolute atomic E-state index is 0.0578. The first-order valence-electron chi connectivity index (χ1n) is 8.85. The van der Waals surface area contributed by atoms with Gasteiger partial charge in [-0.1, -0.05) is 17.7 Å². The predicted octanol–water partition coefficient (Wildman–Crippen LogP) is 3.71. The van der Waals surface area contributed by atoms with Crippen molar-refractivity contribution in [2.24, 2.45) is 0 Å². The molecule has 0 aliphatic carbocycles. The molecule has 0 amide bonds. The lowest BCUT2D eigenvalue weighted by Gasteiger charge is -2.49. The third-order valence-electron chi connectivity index (χ3n) is 5.39. The number of nitrogens with zero attached hydrogens (tertiary/aromatic N) is 3. The summed E-state index contributed by atoms with van der Waals surface area (Å²) in [4.78, 5) is 8.92. The Hall–Kier alpha value is -1.97. The molecule has 150 valence electrons. The molecule has 0 bridgehead atoms. The largest absolute Gasteiger partial charge is 0.451 e.